The predicted molar refractivity (Wildman–Crippen MR) is 86.8 cm³/mol. The van der Waals surface area contributed by atoms with E-state index in [1.54, 1.807) is 6.92 Å². The summed E-state index contributed by atoms with van der Waals surface area (Å²) in [6.07, 6.45) is 0. The molecule has 2 aromatic rings. The minimum Gasteiger partial charge on any atom is -0.339 e. The highest BCUT2D eigenvalue weighted by atomic mass is 127. The molecule has 1 aromatic carbocycles. The summed E-state index contributed by atoms with van der Waals surface area (Å²) in [4.78, 5) is 8.57. The quantitative estimate of drug-likeness (QED) is 0.426. The number of benzene rings is 1. The fourth-order valence-electron chi connectivity index (χ4n) is 1.61. The average molecular weight is 390 g/mol. The highest BCUT2D eigenvalue weighted by molar-refractivity contribution is 14.1. The van der Waals surface area contributed by atoms with Crippen molar-refractivity contribution in [1.82, 2.24) is 9.97 Å². The zero-order chi connectivity index (χ0) is 14.0. The Morgan fingerprint density at radius 3 is 2.53 bits per heavy atom. The molecule has 0 fully saturated rings. The Hall–Kier alpha value is -1.12. The third kappa shape index (κ3) is 3.26. The topological polar surface area (TPSA) is 75.9 Å². The van der Waals surface area contributed by atoms with Crippen LogP contribution in [0.15, 0.2) is 18.2 Å². The number of nitrogen functional groups attached to an aromatic ring is 1. The molecule has 0 amide bonds. The third-order valence-corrected chi connectivity index (χ3v) is 3.56. The Balaban J connectivity index is 2.40. The average Bonchev–Trinajstić information content (AvgIpc) is 2.36. The van der Waals surface area contributed by atoms with Crippen molar-refractivity contribution in [2.75, 3.05) is 10.7 Å². The number of nitrogens with zero attached hydrogens (tertiary/aromatic N) is 2. The smallest absolute Gasteiger partial charge is 0.148 e. The van der Waals surface area contributed by atoms with Gasteiger partial charge in [-0.15, -0.1) is 0 Å². The Morgan fingerprint density at radius 2 is 1.89 bits per heavy atom. The van der Waals surface area contributed by atoms with Crippen LogP contribution in [-0.4, -0.2) is 9.97 Å². The fraction of sp³-hybridized carbons (Fsp3) is 0.167. The van der Waals surface area contributed by atoms with E-state index in [0.29, 0.717) is 22.5 Å². The molecule has 4 N–H and O–H groups in total. The van der Waals surface area contributed by atoms with Crippen molar-refractivity contribution in [3.05, 3.63) is 38.2 Å². The lowest BCUT2D eigenvalue weighted by Crippen LogP contribution is -2.13. The lowest BCUT2D eigenvalue weighted by Gasteiger charge is -2.13. The van der Waals surface area contributed by atoms with Gasteiger partial charge < -0.3 is 10.7 Å². The molecule has 1 aromatic heterocycles. The van der Waals surface area contributed by atoms with Crippen molar-refractivity contribution in [2.45, 2.75) is 13.8 Å². The Kier molecular flexibility index (Phi) is 4.43. The van der Waals surface area contributed by atoms with Gasteiger partial charge in [0.05, 0.1) is 10.7 Å². The summed E-state index contributed by atoms with van der Waals surface area (Å²) in [5.41, 5.74) is 4.19. The summed E-state index contributed by atoms with van der Waals surface area (Å²) in [6.45, 7) is 3.69. The first-order valence-corrected chi connectivity index (χ1v) is 7.01. The van der Waals surface area contributed by atoms with Crippen LogP contribution in [0.25, 0.3) is 0 Å². The van der Waals surface area contributed by atoms with Crippen LogP contribution in [0, 0.1) is 17.4 Å². The molecule has 1 heterocycles. The predicted octanol–water partition coefficient (Wildman–Crippen LogP) is 3.38. The largest absolute Gasteiger partial charge is 0.339 e. The molecule has 2 rings (SSSR count). The van der Waals surface area contributed by atoms with Crippen LogP contribution in [0.3, 0.4) is 0 Å². The lowest BCUT2D eigenvalue weighted by molar-refractivity contribution is 1.03. The number of aryl methyl sites for hydroxylation is 1. The summed E-state index contributed by atoms with van der Waals surface area (Å²) >= 11 is 8.41. The van der Waals surface area contributed by atoms with Crippen LogP contribution in [0.5, 0.6) is 0 Å². The Morgan fingerprint density at radius 1 is 1.21 bits per heavy atom. The first kappa shape index (κ1) is 14.3. The van der Waals surface area contributed by atoms with E-state index in [-0.39, 0.29) is 0 Å². The molecule has 5 nitrogen and oxygen atoms in total. The molecule has 0 spiro atoms. The molecule has 0 aliphatic carbocycles. The van der Waals surface area contributed by atoms with Gasteiger partial charge in [0.1, 0.15) is 17.5 Å². The van der Waals surface area contributed by atoms with Crippen molar-refractivity contribution in [1.29, 1.82) is 0 Å². The van der Waals surface area contributed by atoms with E-state index < -0.39 is 0 Å². The number of hydrogen-bond donors (Lipinski definition) is 3. The third-order valence-electron chi connectivity index (χ3n) is 2.58. The van der Waals surface area contributed by atoms with Gasteiger partial charge in [0.15, 0.2) is 0 Å². The van der Waals surface area contributed by atoms with Crippen LogP contribution in [0.2, 0.25) is 5.02 Å². The minimum atomic E-state index is 0.594. The number of rotatable bonds is 3. The molecular weight excluding hydrogens is 377 g/mol. The molecule has 0 aliphatic heterocycles. The molecule has 0 radical (unpaired) electrons. The summed E-state index contributed by atoms with van der Waals surface area (Å²) in [5, 5.41) is 3.84. The highest BCUT2D eigenvalue weighted by Gasteiger charge is 2.10. The second kappa shape index (κ2) is 5.89. The molecule has 19 heavy (non-hydrogen) atoms. The van der Waals surface area contributed by atoms with Gasteiger partial charge in [0.2, 0.25) is 0 Å². The van der Waals surface area contributed by atoms with Gasteiger partial charge in [0, 0.05) is 9.13 Å². The van der Waals surface area contributed by atoms with Crippen LogP contribution in [0.1, 0.15) is 11.4 Å². The molecule has 0 saturated carbocycles. The first-order chi connectivity index (χ1) is 9.01. The van der Waals surface area contributed by atoms with Crippen molar-refractivity contribution >= 4 is 51.5 Å². The van der Waals surface area contributed by atoms with Gasteiger partial charge >= 0.3 is 0 Å². The maximum Gasteiger partial charge on any atom is 0.148 e. The number of hydrazine groups is 1. The van der Waals surface area contributed by atoms with E-state index in [0.717, 1.165) is 14.8 Å². The second-order valence-electron chi connectivity index (χ2n) is 3.99. The minimum absolute atomic E-state index is 0.594. The monoisotopic (exact) mass is 389 g/mol. The van der Waals surface area contributed by atoms with Gasteiger partial charge in [0.25, 0.3) is 0 Å². The van der Waals surface area contributed by atoms with Crippen LogP contribution in [-0.2, 0) is 0 Å². The van der Waals surface area contributed by atoms with Crippen LogP contribution in [0.4, 0.5) is 17.3 Å². The maximum absolute atomic E-state index is 6.19. The van der Waals surface area contributed by atoms with Gasteiger partial charge in [-0.3, -0.25) is 0 Å². The fourth-order valence-corrected chi connectivity index (χ4v) is 2.51. The molecule has 0 unspecified atom stereocenters. The van der Waals surface area contributed by atoms with Crippen LogP contribution < -0.4 is 16.6 Å². The number of nitrogens with two attached hydrogens (primary N) is 1. The molecule has 100 valence electrons. The van der Waals surface area contributed by atoms with Crippen molar-refractivity contribution < 1.29 is 0 Å². The Bertz CT molecular complexity index is 617. The number of anilines is 3. The molecule has 0 aliphatic rings. The first-order valence-electron chi connectivity index (χ1n) is 5.55. The normalized spacial score (nSPS) is 10.4. The van der Waals surface area contributed by atoms with E-state index in [2.05, 4.69) is 43.3 Å². The van der Waals surface area contributed by atoms with Gasteiger partial charge in [-0.2, -0.15) is 0 Å². The lowest BCUT2D eigenvalue weighted by atomic mass is 10.2. The maximum atomic E-state index is 6.19. The summed E-state index contributed by atoms with van der Waals surface area (Å²) in [7, 11) is 0. The van der Waals surface area contributed by atoms with Crippen molar-refractivity contribution in [3.8, 4) is 0 Å². The zero-order valence-electron chi connectivity index (χ0n) is 10.5. The molecule has 7 heteroatoms. The molecule has 0 atom stereocenters. The van der Waals surface area contributed by atoms with Crippen molar-refractivity contribution in [3.63, 3.8) is 0 Å². The standard InChI is InChI=1S/C12H13ClIN5/c1-6-11(16-7(2)17-12(6)19-15)18-10-4-3-8(14)5-9(10)13/h3-5H,15H2,1-2H3,(H2,16,17,18,19). The van der Waals surface area contributed by atoms with E-state index in [1.807, 2.05) is 25.1 Å². The van der Waals surface area contributed by atoms with Crippen molar-refractivity contribution in [2.24, 2.45) is 5.84 Å². The van der Waals surface area contributed by atoms with E-state index in [4.69, 9.17) is 17.4 Å². The number of halogens is 2. The van der Waals surface area contributed by atoms with E-state index >= 15 is 0 Å². The summed E-state index contributed by atoms with van der Waals surface area (Å²) in [5.74, 6) is 7.34. The van der Waals surface area contributed by atoms with Gasteiger partial charge in [-0.25, -0.2) is 15.8 Å². The summed E-state index contributed by atoms with van der Waals surface area (Å²) in [6, 6.07) is 5.77. The zero-order valence-corrected chi connectivity index (χ0v) is 13.4. The molecule has 0 saturated heterocycles. The highest BCUT2D eigenvalue weighted by Crippen LogP contribution is 2.29. The number of aromatic nitrogens is 2. The van der Waals surface area contributed by atoms with E-state index in [9.17, 15) is 0 Å². The second-order valence-corrected chi connectivity index (χ2v) is 5.64. The SMILES string of the molecule is Cc1nc(NN)c(C)c(Nc2ccc(I)cc2Cl)n1. The Labute approximate surface area is 130 Å². The number of nitrogens with one attached hydrogen (secondary N) is 2. The van der Waals surface area contributed by atoms with Gasteiger partial charge in [-0.05, 0) is 54.6 Å². The summed E-state index contributed by atoms with van der Waals surface area (Å²) < 4.78 is 1.08. The molecule has 0 bridgehead atoms. The molecular formula is C12H13ClIN5. The number of hydrogen-bond acceptors (Lipinski definition) is 5. The van der Waals surface area contributed by atoms with Crippen LogP contribution >= 0.6 is 34.2 Å². The van der Waals surface area contributed by atoms with E-state index in [1.165, 1.54) is 0 Å². The van der Waals surface area contributed by atoms with Gasteiger partial charge in [-0.1, -0.05) is 11.6 Å².